The van der Waals surface area contributed by atoms with Crippen molar-refractivity contribution in [1.29, 1.82) is 0 Å². The summed E-state index contributed by atoms with van der Waals surface area (Å²) in [4.78, 5) is 25.9. The van der Waals surface area contributed by atoms with Gasteiger partial charge in [-0.25, -0.2) is 4.79 Å². The Morgan fingerprint density at radius 1 is 1.32 bits per heavy atom. The van der Waals surface area contributed by atoms with Crippen LogP contribution in [0.5, 0.6) is 0 Å². The second-order valence-electron chi connectivity index (χ2n) is 6.29. The highest BCUT2D eigenvalue weighted by Crippen LogP contribution is 2.35. The minimum absolute atomic E-state index is 0.0583. The van der Waals surface area contributed by atoms with Crippen molar-refractivity contribution in [2.75, 3.05) is 20.2 Å². The molecule has 1 fully saturated rings. The molecule has 0 unspecified atom stereocenters. The van der Waals surface area contributed by atoms with Gasteiger partial charge in [-0.05, 0) is 23.8 Å². The van der Waals surface area contributed by atoms with E-state index in [0.717, 1.165) is 12.8 Å². The van der Waals surface area contributed by atoms with Crippen LogP contribution in [-0.2, 0) is 4.74 Å². The number of nitrogens with zero attached hydrogens (tertiary/aromatic N) is 2. The van der Waals surface area contributed by atoms with Crippen molar-refractivity contribution in [3.05, 3.63) is 53.4 Å². The molecule has 6 heteroatoms. The summed E-state index contributed by atoms with van der Waals surface area (Å²) in [5.41, 5.74) is 1.48. The lowest BCUT2D eigenvalue weighted by Crippen LogP contribution is -2.43. The van der Waals surface area contributed by atoms with Gasteiger partial charge in [-0.3, -0.25) is 4.79 Å². The quantitative estimate of drug-likeness (QED) is 0.798. The van der Waals surface area contributed by atoms with E-state index in [9.17, 15) is 9.59 Å². The van der Waals surface area contributed by atoms with E-state index in [0.29, 0.717) is 24.9 Å². The van der Waals surface area contributed by atoms with Gasteiger partial charge in [-0.2, -0.15) is 0 Å². The van der Waals surface area contributed by atoms with Crippen molar-refractivity contribution in [3.63, 3.8) is 0 Å². The van der Waals surface area contributed by atoms with Crippen LogP contribution in [0, 0.1) is 5.92 Å². The number of methoxy groups -OCH3 is 1. The molecule has 2 heterocycles. The van der Waals surface area contributed by atoms with Crippen LogP contribution in [0.15, 0.2) is 40.9 Å². The lowest BCUT2D eigenvalue weighted by Gasteiger charge is -2.38. The molecule has 1 aliphatic rings. The van der Waals surface area contributed by atoms with E-state index in [1.807, 2.05) is 6.07 Å². The average Bonchev–Trinajstić information content (AvgIpc) is 3.17. The molecule has 0 radical (unpaired) electrons. The van der Waals surface area contributed by atoms with Gasteiger partial charge >= 0.3 is 5.97 Å². The van der Waals surface area contributed by atoms with E-state index in [1.54, 1.807) is 4.90 Å². The number of piperidine rings is 1. The van der Waals surface area contributed by atoms with Crippen LogP contribution in [0.1, 0.15) is 52.3 Å². The maximum absolute atomic E-state index is 12.7. The van der Waals surface area contributed by atoms with Gasteiger partial charge in [0, 0.05) is 19.2 Å². The number of carbonyl (C=O) groups excluding carboxylic acids is 2. The Hall–Kier alpha value is -2.63. The van der Waals surface area contributed by atoms with Gasteiger partial charge in [0.25, 0.3) is 5.91 Å². The van der Waals surface area contributed by atoms with E-state index in [2.05, 4.69) is 41.1 Å². The number of hydrogen-bond donors (Lipinski definition) is 0. The van der Waals surface area contributed by atoms with Gasteiger partial charge in [0.2, 0.25) is 5.76 Å². The molecule has 1 amide bonds. The number of ether oxygens (including phenoxy) is 1. The van der Waals surface area contributed by atoms with E-state index in [-0.39, 0.29) is 17.4 Å². The first-order valence-electron chi connectivity index (χ1n) is 8.53. The first kappa shape index (κ1) is 17.2. The van der Waals surface area contributed by atoms with Gasteiger partial charge in [0.1, 0.15) is 0 Å². The predicted molar refractivity (Wildman–Crippen MR) is 91.3 cm³/mol. The van der Waals surface area contributed by atoms with Crippen molar-refractivity contribution in [2.24, 2.45) is 5.92 Å². The number of aromatic nitrogens is 1. The van der Waals surface area contributed by atoms with E-state index < -0.39 is 5.97 Å². The average molecular weight is 342 g/mol. The molecule has 1 aromatic carbocycles. The van der Waals surface area contributed by atoms with Crippen LogP contribution in [0.4, 0.5) is 0 Å². The van der Waals surface area contributed by atoms with E-state index >= 15 is 0 Å². The highest BCUT2D eigenvalue weighted by molar-refractivity contribution is 5.95. The summed E-state index contributed by atoms with van der Waals surface area (Å²) in [6.07, 6.45) is 1.91. The number of likely N-dealkylation sites (tertiary alicyclic amines) is 1. The van der Waals surface area contributed by atoms with Crippen LogP contribution in [0.3, 0.4) is 0 Å². The zero-order valence-electron chi connectivity index (χ0n) is 14.5. The second kappa shape index (κ2) is 7.51. The molecule has 132 valence electrons. The van der Waals surface area contributed by atoms with E-state index in [1.165, 1.54) is 18.7 Å². The topological polar surface area (TPSA) is 72.6 Å². The van der Waals surface area contributed by atoms with Gasteiger partial charge in [0.15, 0.2) is 5.69 Å². The smallest absolute Gasteiger partial charge is 0.376 e. The standard InChI is InChI=1S/C19H22N2O4/c1-3-13-12-21(10-9-15(13)14-7-5-4-6-8-14)18(22)16-11-17(25-20-16)19(23)24-2/h4-8,11,13,15H,3,9-10,12H2,1-2H3/t13-,15-/m0/s1. The maximum Gasteiger partial charge on any atom is 0.376 e. The molecular formula is C19H22N2O4. The fourth-order valence-corrected chi connectivity index (χ4v) is 3.50. The van der Waals surface area contributed by atoms with E-state index in [4.69, 9.17) is 4.52 Å². The zero-order chi connectivity index (χ0) is 17.8. The highest BCUT2D eigenvalue weighted by atomic mass is 16.5. The molecule has 0 bridgehead atoms. The number of carbonyl (C=O) groups is 2. The van der Waals surface area contributed by atoms with Gasteiger partial charge < -0.3 is 14.2 Å². The van der Waals surface area contributed by atoms with Crippen LogP contribution in [0.2, 0.25) is 0 Å². The third kappa shape index (κ3) is 3.57. The van der Waals surface area contributed by atoms with Gasteiger partial charge in [-0.1, -0.05) is 48.8 Å². The highest BCUT2D eigenvalue weighted by Gasteiger charge is 2.33. The largest absolute Gasteiger partial charge is 0.463 e. The van der Waals surface area contributed by atoms with Crippen LogP contribution < -0.4 is 0 Å². The zero-order valence-corrected chi connectivity index (χ0v) is 14.5. The predicted octanol–water partition coefficient (Wildman–Crippen LogP) is 3.12. The van der Waals surface area contributed by atoms with Crippen molar-refractivity contribution in [1.82, 2.24) is 10.1 Å². The van der Waals surface area contributed by atoms with Crippen LogP contribution >= 0.6 is 0 Å². The summed E-state index contributed by atoms with van der Waals surface area (Å²) in [6, 6.07) is 11.8. The SMILES string of the molecule is CC[C@H]1CN(C(=O)c2cc(C(=O)OC)on2)CC[C@@H]1c1ccccc1. The third-order valence-electron chi connectivity index (χ3n) is 4.89. The molecule has 2 atom stereocenters. The molecule has 1 aliphatic heterocycles. The van der Waals surface area contributed by atoms with Crippen molar-refractivity contribution in [2.45, 2.75) is 25.7 Å². The molecule has 3 rings (SSSR count). The molecule has 1 aromatic heterocycles. The number of amides is 1. The molecule has 0 aliphatic carbocycles. The molecule has 6 nitrogen and oxygen atoms in total. The minimum atomic E-state index is -0.638. The normalized spacial score (nSPS) is 20.3. The summed E-state index contributed by atoms with van der Waals surface area (Å²) < 4.78 is 9.48. The van der Waals surface area contributed by atoms with Crippen molar-refractivity contribution >= 4 is 11.9 Å². The second-order valence-corrected chi connectivity index (χ2v) is 6.29. The molecule has 2 aromatic rings. The first-order valence-corrected chi connectivity index (χ1v) is 8.53. The van der Waals surface area contributed by atoms with Crippen LogP contribution in [0.25, 0.3) is 0 Å². The number of hydrogen-bond acceptors (Lipinski definition) is 5. The lowest BCUT2D eigenvalue weighted by atomic mass is 9.79. The summed E-state index contributed by atoms with van der Waals surface area (Å²) in [7, 11) is 1.26. The Balaban J connectivity index is 1.71. The number of benzene rings is 1. The Morgan fingerprint density at radius 2 is 2.08 bits per heavy atom. The summed E-state index contributed by atoms with van der Waals surface area (Å²) in [5.74, 6) is -0.0491. The maximum atomic E-state index is 12.7. The fraction of sp³-hybridized carbons (Fsp3) is 0.421. The molecule has 25 heavy (non-hydrogen) atoms. The van der Waals surface area contributed by atoms with Crippen molar-refractivity contribution < 1.29 is 18.8 Å². The Labute approximate surface area is 146 Å². The first-order chi connectivity index (χ1) is 12.1. The summed E-state index contributed by atoms with van der Waals surface area (Å²) in [5, 5.41) is 3.72. The Bertz CT molecular complexity index is 741. The van der Waals surface area contributed by atoms with Crippen LogP contribution in [-0.4, -0.2) is 42.1 Å². The summed E-state index contributed by atoms with van der Waals surface area (Å²) >= 11 is 0. The molecule has 0 spiro atoms. The van der Waals surface area contributed by atoms with Crippen molar-refractivity contribution in [3.8, 4) is 0 Å². The molecule has 1 saturated heterocycles. The third-order valence-corrected chi connectivity index (χ3v) is 4.89. The summed E-state index contributed by atoms with van der Waals surface area (Å²) in [6.45, 7) is 3.49. The van der Waals surface area contributed by atoms with Gasteiger partial charge in [0.05, 0.1) is 7.11 Å². The molecule has 0 saturated carbocycles. The lowest BCUT2D eigenvalue weighted by molar-refractivity contribution is 0.0551. The fourth-order valence-electron chi connectivity index (χ4n) is 3.50. The molecule has 0 N–H and O–H groups in total. The minimum Gasteiger partial charge on any atom is -0.463 e. The van der Waals surface area contributed by atoms with Gasteiger partial charge in [-0.15, -0.1) is 0 Å². The number of esters is 1. The number of rotatable bonds is 4. The Morgan fingerprint density at radius 3 is 2.76 bits per heavy atom. The Kier molecular flexibility index (Phi) is 5.16. The monoisotopic (exact) mass is 342 g/mol. The molecular weight excluding hydrogens is 320 g/mol.